The molecule has 0 fully saturated rings. The van der Waals surface area contributed by atoms with E-state index >= 15 is 0 Å². The summed E-state index contributed by atoms with van der Waals surface area (Å²) in [6.45, 7) is 4.08. The molecule has 1 aromatic carbocycles. The first-order valence-corrected chi connectivity index (χ1v) is 10.2. The summed E-state index contributed by atoms with van der Waals surface area (Å²) in [5, 5.41) is 4.76. The van der Waals surface area contributed by atoms with Gasteiger partial charge in [0.2, 0.25) is 0 Å². The van der Waals surface area contributed by atoms with Crippen molar-refractivity contribution in [2.24, 2.45) is 0 Å². The number of aryl methyl sites for hydroxylation is 2. The monoisotopic (exact) mass is 390 g/mol. The van der Waals surface area contributed by atoms with Crippen molar-refractivity contribution in [2.45, 2.75) is 33.1 Å². The molecule has 3 heterocycles. The molecule has 1 amide bonds. The van der Waals surface area contributed by atoms with Crippen LogP contribution in [0, 0.1) is 6.92 Å². The number of aromatic nitrogens is 2. The first kappa shape index (κ1) is 18.4. The molecule has 0 aliphatic rings. The van der Waals surface area contributed by atoms with Crippen LogP contribution in [0.5, 0.6) is 0 Å². The van der Waals surface area contributed by atoms with E-state index in [1.807, 2.05) is 49.4 Å². The fourth-order valence-corrected chi connectivity index (χ4v) is 4.30. The molecule has 0 spiro atoms. The first-order valence-electron chi connectivity index (χ1n) is 9.42. The van der Waals surface area contributed by atoms with Gasteiger partial charge in [-0.2, -0.15) is 0 Å². The normalized spacial score (nSPS) is 11.2. The number of carbonyl (C=O) groups is 1. The maximum absolute atomic E-state index is 13.0. The van der Waals surface area contributed by atoms with Gasteiger partial charge in [-0.05, 0) is 44.0 Å². The maximum atomic E-state index is 13.0. The number of hydrogen-bond donors (Lipinski definition) is 2. The fourth-order valence-electron chi connectivity index (χ4n) is 3.29. The summed E-state index contributed by atoms with van der Waals surface area (Å²) in [4.78, 5) is 23.5. The van der Waals surface area contributed by atoms with E-state index in [9.17, 15) is 4.79 Å². The highest BCUT2D eigenvalue weighted by Gasteiger charge is 2.18. The van der Waals surface area contributed by atoms with Gasteiger partial charge in [-0.25, -0.2) is 4.98 Å². The van der Waals surface area contributed by atoms with Gasteiger partial charge in [0.15, 0.2) is 0 Å². The van der Waals surface area contributed by atoms with E-state index in [4.69, 9.17) is 10.7 Å². The second-order valence-corrected chi connectivity index (χ2v) is 7.89. The number of hydrogen-bond acceptors (Lipinski definition) is 5. The summed E-state index contributed by atoms with van der Waals surface area (Å²) >= 11 is 1.34. The highest BCUT2D eigenvalue weighted by Crippen LogP contribution is 2.34. The highest BCUT2D eigenvalue weighted by atomic mass is 32.1. The van der Waals surface area contributed by atoms with E-state index in [1.54, 1.807) is 0 Å². The van der Waals surface area contributed by atoms with Crippen LogP contribution >= 0.6 is 11.3 Å². The number of nitrogens with two attached hydrogens (primary N) is 1. The Morgan fingerprint density at radius 2 is 1.96 bits per heavy atom. The van der Waals surface area contributed by atoms with Crippen LogP contribution in [0.25, 0.3) is 21.1 Å². The number of rotatable bonds is 5. The Morgan fingerprint density at radius 1 is 1.14 bits per heavy atom. The van der Waals surface area contributed by atoms with Crippen molar-refractivity contribution in [1.29, 1.82) is 0 Å². The lowest BCUT2D eigenvalue weighted by atomic mass is 10.1. The molecule has 5 nitrogen and oxygen atoms in total. The van der Waals surface area contributed by atoms with Crippen LogP contribution in [0.4, 0.5) is 11.4 Å². The summed E-state index contributed by atoms with van der Waals surface area (Å²) in [6.07, 6.45) is 3.16. The van der Waals surface area contributed by atoms with Crippen LogP contribution in [0.3, 0.4) is 0 Å². The number of para-hydroxylation sites is 1. The lowest BCUT2D eigenvalue weighted by Gasteiger charge is -2.09. The Hall–Kier alpha value is -2.99. The van der Waals surface area contributed by atoms with Crippen molar-refractivity contribution < 1.29 is 4.79 Å². The van der Waals surface area contributed by atoms with E-state index in [0.717, 1.165) is 57.5 Å². The molecule has 3 N–H and O–H groups in total. The highest BCUT2D eigenvalue weighted by molar-refractivity contribution is 7.21. The molecule has 4 rings (SSSR count). The third kappa shape index (κ3) is 3.43. The molecule has 0 saturated carbocycles. The number of amides is 1. The van der Waals surface area contributed by atoms with Crippen LogP contribution in [0.2, 0.25) is 0 Å². The molecule has 0 aliphatic heterocycles. The number of unbranched alkanes of at least 4 members (excludes halogenated alkanes) is 1. The fraction of sp³-hybridized carbons (Fsp3) is 0.227. The molecule has 28 heavy (non-hydrogen) atoms. The van der Waals surface area contributed by atoms with E-state index in [1.165, 1.54) is 11.3 Å². The maximum Gasteiger partial charge on any atom is 0.267 e. The molecule has 0 unspecified atom stereocenters. The minimum Gasteiger partial charge on any atom is -0.397 e. The Labute approximate surface area is 167 Å². The summed E-state index contributed by atoms with van der Waals surface area (Å²) in [5.41, 5.74) is 10.2. The smallest absolute Gasteiger partial charge is 0.267 e. The average molecular weight is 391 g/mol. The molecule has 4 aromatic rings. The third-order valence-electron chi connectivity index (χ3n) is 4.74. The summed E-state index contributed by atoms with van der Waals surface area (Å²) in [7, 11) is 0. The predicted octanol–water partition coefficient (Wildman–Crippen LogP) is 5.33. The van der Waals surface area contributed by atoms with Gasteiger partial charge in [0, 0.05) is 22.2 Å². The molecular formula is C22H22N4OS. The van der Waals surface area contributed by atoms with Gasteiger partial charge in [0.1, 0.15) is 9.71 Å². The number of carbonyl (C=O) groups excluding carboxylic acids is 1. The van der Waals surface area contributed by atoms with Gasteiger partial charge in [0.05, 0.1) is 16.9 Å². The Morgan fingerprint density at radius 3 is 2.79 bits per heavy atom. The molecule has 0 atom stereocenters. The van der Waals surface area contributed by atoms with Gasteiger partial charge >= 0.3 is 0 Å². The number of thiophene rings is 1. The van der Waals surface area contributed by atoms with E-state index in [2.05, 4.69) is 17.2 Å². The number of pyridine rings is 2. The number of anilines is 2. The van der Waals surface area contributed by atoms with Gasteiger partial charge in [0.25, 0.3) is 5.91 Å². The minimum absolute atomic E-state index is 0.216. The third-order valence-corrected chi connectivity index (χ3v) is 5.85. The second kappa shape index (κ2) is 7.56. The van der Waals surface area contributed by atoms with Crippen LogP contribution in [0.1, 0.15) is 40.8 Å². The number of nitrogens with zero attached hydrogens (tertiary/aromatic N) is 2. The van der Waals surface area contributed by atoms with Crippen molar-refractivity contribution in [3.63, 3.8) is 0 Å². The molecular weight excluding hydrogens is 368 g/mol. The van der Waals surface area contributed by atoms with Gasteiger partial charge in [-0.15, -0.1) is 11.3 Å². The van der Waals surface area contributed by atoms with E-state index < -0.39 is 0 Å². The topological polar surface area (TPSA) is 80.9 Å². The lowest BCUT2D eigenvalue weighted by Crippen LogP contribution is -2.12. The summed E-state index contributed by atoms with van der Waals surface area (Å²) in [5.74, 6) is -0.216. The van der Waals surface area contributed by atoms with Crippen molar-refractivity contribution in [3.05, 3.63) is 58.7 Å². The van der Waals surface area contributed by atoms with Crippen LogP contribution in [-0.4, -0.2) is 15.9 Å². The zero-order valence-corrected chi connectivity index (χ0v) is 16.8. The lowest BCUT2D eigenvalue weighted by molar-refractivity contribution is 0.103. The molecule has 142 valence electrons. The molecule has 6 heteroatoms. The van der Waals surface area contributed by atoms with Crippen molar-refractivity contribution in [3.8, 4) is 0 Å². The minimum atomic E-state index is -0.216. The largest absolute Gasteiger partial charge is 0.397 e. The quantitative estimate of drug-likeness (QED) is 0.482. The second-order valence-electron chi connectivity index (χ2n) is 6.89. The molecule has 0 saturated heterocycles. The Kier molecular flexibility index (Phi) is 4.96. The summed E-state index contributed by atoms with van der Waals surface area (Å²) < 4.78 is 0. The van der Waals surface area contributed by atoms with Crippen LogP contribution in [0.15, 0.2) is 42.5 Å². The van der Waals surface area contributed by atoms with Gasteiger partial charge < -0.3 is 11.1 Å². The average Bonchev–Trinajstić information content (AvgIpc) is 3.02. The number of nitrogen functional groups attached to an aromatic ring is 1. The number of benzene rings is 1. The predicted molar refractivity (Wildman–Crippen MR) is 117 cm³/mol. The molecule has 3 aromatic heterocycles. The van der Waals surface area contributed by atoms with Crippen molar-refractivity contribution in [1.82, 2.24) is 9.97 Å². The molecule has 0 aliphatic carbocycles. The van der Waals surface area contributed by atoms with Gasteiger partial charge in [-0.3, -0.25) is 9.78 Å². The zero-order valence-electron chi connectivity index (χ0n) is 16.0. The van der Waals surface area contributed by atoms with Gasteiger partial charge in [-0.1, -0.05) is 31.5 Å². The number of fused-ring (bicyclic) bond motifs is 2. The zero-order chi connectivity index (χ0) is 19.7. The molecule has 0 radical (unpaired) electrons. The van der Waals surface area contributed by atoms with E-state index in [0.29, 0.717) is 10.6 Å². The molecule has 0 bridgehead atoms. The SMILES string of the molecule is CCCCc1ccc2c(N)c(C(=O)Nc3cc(C)nc4ccccc34)sc2n1. The van der Waals surface area contributed by atoms with Crippen molar-refractivity contribution in [2.75, 3.05) is 11.1 Å². The Balaban J connectivity index is 1.69. The van der Waals surface area contributed by atoms with Crippen molar-refractivity contribution >= 4 is 49.7 Å². The first-order chi connectivity index (χ1) is 13.6. The number of nitrogens with one attached hydrogen (secondary N) is 1. The van der Waals surface area contributed by atoms with E-state index in [-0.39, 0.29) is 5.91 Å². The van der Waals surface area contributed by atoms with Crippen LogP contribution < -0.4 is 11.1 Å². The van der Waals surface area contributed by atoms with Crippen LogP contribution in [-0.2, 0) is 6.42 Å². The standard InChI is InChI=1S/C22H22N4OS/c1-3-4-7-14-10-11-16-19(23)20(28-22(16)25-14)21(27)26-18-12-13(2)24-17-9-6-5-8-15(17)18/h5-6,8-12H,3-4,7,23H2,1-2H3,(H,24,26,27). The summed E-state index contributed by atoms with van der Waals surface area (Å²) in [6, 6.07) is 13.6. The Bertz CT molecular complexity index is 1180.